The van der Waals surface area contributed by atoms with Gasteiger partial charge in [-0.15, -0.1) is 0 Å². The Morgan fingerprint density at radius 1 is 1.22 bits per heavy atom. The number of nitrogens with zero attached hydrogens (tertiary/aromatic N) is 4. The maximum absolute atomic E-state index is 5.56. The first kappa shape index (κ1) is 10.9. The summed E-state index contributed by atoms with van der Waals surface area (Å²) >= 11 is 0. The van der Waals surface area contributed by atoms with E-state index >= 15 is 0 Å². The van der Waals surface area contributed by atoms with Gasteiger partial charge in [-0.2, -0.15) is 0 Å². The number of hydrogen-bond acceptors (Lipinski definition) is 4. The van der Waals surface area contributed by atoms with E-state index in [0.717, 1.165) is 28.1 Å². The molecule has 3 rings (SSSR count). The number of fused-ring (bicyclic) bond motifs is 1. The molecule has 0 spiro atoms. The van der Waals surface area contributed by atoms with Crippen molar-refractivity contribution in [2.24, 2.45) is 12.8 Å². The second kappa shape index (κ2) is 4.19. The summed E-state index contributed by atoms with van der Waals surface area (Å²) in [4.78, 5) is 13.0. The van der Waals surface area contributed by atoms with Gasteiger partial charge in [0.05, 0.1) is 11.7 Å². The van der Waals surface area contributed by atoms with Crippen molar-refractivity contribution in [3.05, 3.63) is 42.4 Å². The summed E-state index contributed by atoms with van der Waals surface area (Å²) in [6, 6.07) is 5.86. The second-order valence-corrected chi connectivity index (χ2v) is 4.11. The Kier molecular flexibility index (Phi) is 2.53. The topological polar surface area (TPSA) is 69.6 Å². The molecule has 0 aliphatic heterocycles. The van der Waals surface area contributed by atoms with E-state index in [9.17, 15) is 0 Å². The Balaban J connectivity index is 2.15. The van der Waals surface area contributed by atoms with E-state index in [4.69, 9.17) is 5.73 Å². The average Bonchev–Trinajstić information content (AvgIpc) is 2.77. The molecule has 3 aromatic heterocycles. The van der Waals surface area contributed by atoms with E-state index in [1.807, 2.05) is 29.8 Å². The fourth-order valence-electron chi connectivity index (χ4n) is 1.96. The van der Waals surface area contributed by atoms with Crippen molar-refractivity contribution in [3.63, 3.8) is 0 Å². The van der Waals surface area contributed by atoms with Gasteiger partial charge in [-0.25, -0.2) is 4.98 Å². The van der Waals surface area contributed by atoms with Crippen LogP contribution in [0.15, 0.2) is 36.8 Å². The van der Waals surface area contributed by atoms with E-state index in [1.54, 1.807) is 18.6 Å². The Morgan fingerprint density at radius 2 is 2.11 bits per heavy atom. The van der Waals surface area contributed by atoms with Crippen LogP contribution in [-0.4, -0.2) is 19.5 Å². The molecular formula is C13H13N5. The standard InChI is InChI=1S/C13H13N5/c1-18-12-4-5-15-8-11(12)17-13(18)10-3-2-9(6-14)7-16-10/h2-5,7-8H,6,14H2,1H3. The molecule has 90 valence electrons. The Bertz CT molecular complexity index is 684. The molecule has 0 radical (unpaired) electrons. The third-order valence-corrected chi connectivity index (χ3v) is 2.97. The van der Waals surface area contributed by atoms with Crippen molar-refractivity contribution in [1.82, 2.24) is 19.5 Å². The summed E-state index contributed by atoms with van der Waals surface area (Å²) in [5.41, 5.74) is 9.33. The Labute approximate surface area is 104 Å². The molecule has 2 N–H and O–H groups in total. The lowest BCUT2D eigenvalue weighted by Crippen LogP contribution is -1.99. The summed E-state index contributed by atoms with van der Waals surface area (Å²) in [7, 11) is 1.98. The minimum Gasteiger partial charge on any atom is -0.326 e. The highest BCUT2D eigenvalue weighted by Gasteiger charge is 2.10. The maximum atomic E-state index is 5.56. The van der Waals surface area contributed by atoms with Gasteiger partial charge in [-0.1, -0.05) is 6.07 Å². The highest BCUT2D eigenvalue weighted by molar-refractivity contribution is 5.78. The number of aromatic nitrogens is 4. The van der Waals surface area contributed by atoms with Gasteiger partial charge in [0.2, 0.25) is 0 Å². The monoisotopic (exact) mass is 239 g/mol. The lowest BCUT2D eigenvalue weighted by atomic mass is 10.2. The minimum absolute atomic E-state index is 0.500. The van der Waals surface area contributed by atoms with Gasteiger partial charge in [0.1, 0.15) is 11.2 Å². The lowest BCUT2D eigenvalue weighted by molar-refractivity contribution is 0.946. The third kappa shape index (κ3) is 1.65. The molecule has 0 saturated heterocycles. The van der Waals surface area contributed by atoms with Crippen LogP contribution in [0, 0.1) is 0 Å². The van der Waals surface area contributed by atoms with E-state index in [1.165, 1.54) is 0 Å². The predicted octanol–water partition coefficient (Wildman–Crippen LogP) is 1.49. The summed E-state index contributed by atoms with van der Waals surface area (Å²) < 4.78 is 2.02. The average molecular weight is 239 g/mol. The first-order chi connectivity index (χ1) is 8.79. The zero-order valence-corrected chi connectivity index (χ0v) is 10.0. The number of pyridine rings is 2. The number of nitrogens with two attached hydrogens (primary N) is 1. The van der Waals surface area contributed by atoms with Crippen molar-refractivity contribution in [2.75, 3.05) is 0 Å². The van der Waals surface area contributed by atoms with Crippen LogP contribution in [0.3, 0.4) is 0 Å². The van der Waals surface area contributed by atoms with Gasteiger partial charge in [0.25, 0.3) is 0 Å². The zero-order valence-electron chi connectivity index (χ0n) is 10.0. The van der Waals surface area contributed by atoms with Crippen LogP contribution >= 0.6 is 0 Å². The van der Waals surface area contributed by atoms with E-state index in [0.29, 0.717) is 6.54 Å². The van der Waals surface area contributed by atoms with Crippen LogP contribution in [0.5, 0.6) is 0 Å². The minimum atomic E-state index is 0.500. The SMILES string of the molecule is Cn1c(-c2ccc(CN)cn2)nc2cnccc21. The predicted molar refractivity (Wildman–Crippen MR) is 69.6 cm³/mol. The fourth-order valence-corrected chi connectivity index (χ4v) is 1.96. The van der Waals surface area contributed by atoms with Crippen LogP contribution in [0.2, 0.25) is 0 Å². The Morgan fingerprint density at radius 3 is 2.78 bits per heavy atom. The maximum Gasteiger partial charge on any atom is 0.159 e. The number of imidazole rings is 1. The van der Waals surface area contributed by atoms with Crippen LogP contribution in [0.25, 0.3) is 22.6 Å². The van der Waals surface area contributed by atoms with Gasteiger partial charge in [-0.3, -0.25) is 9.97 Å². The molecule has 18 heavy (non-hydrogen) atoms. The summed E-state index contributed by atoms with van der Waals surface area (Å²) in [6.07, 6.45) is 5.30. The van der Waals surface area contributed by atoms with Crippen LogP contribution in [0.4, 0.5) is 0 Å². The summed E-state index contributed by atoms with van der Waals surface area (Å²) in [5.74, 6) is 0.835. The van der Waals surface area contributed by atoms with Crippen molar-refractivity contribution in [2.45, 2.75) is 6.54 Å². The molecule has 0 saturated carbocycles. The molecule has 0 aliphatic carbocycles. The first-order valence-electron chi connectivity index (χ1n) is 5.71. The number of rotatable bonds is 2. The van der Waals surface area contributed by atoms with Gasteiger partial charge in [0, 0.05) is 26.0 Å². The Hall–Kier alpha value is -2.27. The summed E-state index contributed by atoms with van der Waals surface area (Å²) in [5, 5.41) is 0. The van der Waals surface area contributed by atoms with Crippen LogP contribution < -0.4 is 5.73 Å². The largest absolute Gasteiger partial charge is 0.326 e. The third-order valence-electron chi connectivity index (χ3n) is 2.97. The molecule has 0 aromatic carbocycles. The van der Waals surface area contributed by atoms with Gasteiger partial charge < -0.3 is 10.3 Å². The molecule has 0 bridgehead atoms. The molecule has 0 amide bonds. The fraction of sp³-hybridized carbons (Fsp3) is 0.154. The molecule has 3 aromatic rings. The van der Waals surface area contributed by atoms with Crippen molar-refractivity contribution in [3.8, 4) is 11.5 Å². The quantitative estimate of drug-likeness (QED) is 0.735. The molecule has 5 heteroatoms. The van der Waals surface area contributed by atoms with Crippen molar-refractivity contribution in [1.29, 1.82) is 0 Å². The second-order valence-electron chi connectivity index (χ2n) is 4.11. The smallest absolute Gasteiger partial charge is 0.159 e. The number of hydrogen-bond donors (Lipinski definition) is 1. The van der Waals surface area contributed by atoms with Gasteiger partial charge >= 0.3 is 0 Å². The molecule has 0 fully saturated rings. The normalized spacial score (nSPS) is 11.0. The molecule has 0 aliphatic rings. The molecular weight excluding hydrogens is 226 g/mol. The highest BCUT2D eigenvalue weighted by atomic mass is 15.1. The lowest BCUT2D eigenvalue weighted by Gasteiger charge is -2.02. The molecule has 3 heterocycles. The zero-order chi connectivity index (χ0) is 12.5. The van der Waals surface area contributed by atoms with Gasteiger partial charge in [-0.05, 0) is 17.7 Å². The van der Waals surface area contributed by atoms with Crippen LogP contribution in [0.1, 0.15) is 5.56 Å². The van der Waals surface area contributed by atoms with E-state index < -0.39 is 0 Å². The highest BCUT2D eigenvalue weighted by Crippen LogP contribution is 2.21. The molecule has 0 unspecified atom stereocenters. The van der Waals surface area contributed by atoms with Gasteiger partial charge in [0.15, 0.2) is 5.82 Å². The van der Waals surface area contributed by atoms with Crippen molar-refractivity contribution >= 4 is 11.0 Å². The van der Waals surface area contributed by atoms with E-state index in [-0.39, 0.29) is 0 Å². The number of aryl methyl sites for hydroxylation is 1. The summed E-state index contributed by atoms with van der Waals surface area (Å²) in [6.45, 7) is 0.500. The van der Waals surface area contributed by atoms with Crippen molar-refractivity contribution < 1.29 is 0 Å². The molecule has 0 atom stereocenters. The van der Waals surface area contributed by atoms with E-state index in [2.05, 4.69) is 15.0 Å². The van der Waals surface area contributed by atoms with Crippen LogP contribution in [-0.2, 0) is 13.6 Å². The first-order valence-corrected chi connectivity index (χ1v) is 5.71. The molecule has 5 nitrogen and oxygen atoms in total.